The standard InChI is InChI=1S/C42H30Cl2FNO/c43-32-16-9-18-34(27-32)47-35-19-10-17-33(28-35)46-40-24-11-23-39(44)41(40)37-21-5-4-20-36(37)38-22-6-7-25-42(38,45)31-15-8-14-30(26-31)29-12-2-1-3-13-29/h1-24,26-28,46H,25H2. The van der Waals surface area contributed by atoms with E-state index >= 15 is 4.39 Å². The average molecular weight is 655 g/mol. The Kier molecular flexibility index (Phi) is 8.67. The second kappa shape index (κ2) is 13.3. The molecule has 1 atom stereocenters. The summed E-state index contributed by atoms with van der Waals surface area (Å²) in [5.74, 6) is 1.30. The third-order valence-electron chi connectivity index (χ3n) is 8.30. The minimum Gasteiger partial charge on any atom is -0.457 e. The van der Waals surface area contributed by atoms with Gasteiger partial charge in [-0.15, -0.1) is 0 Å². The molecule has 0 aliphatic heterocycles. The summed E-state index contributed by atoms with van der Waals surface area (Å²) in [5.41, 5.74) is 5.44. The Morgan fingerprint density at radius 2 is 1.34 bits per heavy atom. The van der Waals surface area contributed by atoms with Gasteiger partial charge in [0.2, 0.25) is 0 Å². The molecule has 0 saturated carbocycles. The van der Waals surface area contributed by atoms with Gasteiger partial charge in [0.25, 0.3) is 0 Å². The van der Waals surface area contributed by atoms with Crippen molar-refractivity contribution in [3.05, 3.63) is 185 Å². The molecule has 1 unspecified atom stereocenters. The number of benzene rings is 6. The van der Waals surface area contributed by atoms with E-state index in [1.165, 1.54) is 0 Å². The van der Waals surface area contributed by atoms with Gasteiger partial charge in [-0.05, 0) is 76.3 Å². The Labute approximate surface area is 284 Å². The molecule has 47 heavy (non-hydrogen) atoms. The first kappa shape index (κ1) is 30.6. The highest BCUT2D eigenvalue weighted by atomic mass is 35.5. The fourth-order valence-corrected chi connectivity index (χ4v) is 6.54. The zero-order valence-corrected chi connectivity index (χ0v) is 26.8. The predicted octanol–water partition coefficient (Wildman–Crippen LogP) is 13.1. The summed E-state index contributed by atoms with van der Waals surface area (Å²) in [6.07, 6.45) is 5.93. The topological polar surface area (TPSA) is 21.3 Å². The molecule has 1 aliphatic rings. The van der Waals surface area contributed by atoms with Crippen molar-refractivity contribution in [1.82, 2.24) is 0 Å². The molecule has 2 nitrogen and oxygen atoms in total. The summed E-state index contributed by atoms with van der Waals surface area (Å²) in [5, 5.41) is 4.69. The highest BCUT2D eigenvalue weighted by molar-refractivity contribution is 6.34. The predicted molar refractivity (Wildman–Crippen MR) is 195 cm³/mol. The number of alkyl halides is 1. The lowest BCUT2D eigenvalue weighted by Crippen LogP contribution is -2.23. The van der Waals surface area contributed by atoms with Crippen LogP contribution in [0.2, 0.25) is 10.0 Å². The molecule has 7 rings (SSSR count). The normalized spacial score (nSPS) is 15.6. The number of rotatable bonds is 8. The molecule has 0 amide bonds. The number of hydrogen-bond donors (Lipinski definition) is 1. The first-order valence-electron chi connectivity index (χ1n) is 15.4. The SMILES string of the molecule is FC1(c2cccc(-c3ccccc3)c2)CC=CC=C1c1ccccc1-c1c(Cl)cccc1Nc1cccc(Oc2cccc(Cl)c2)c1. The van der Waals surface area contributed by atoms with Crippen molar-refractivity contribution in [2.45, 2.75) is 12.1 Å². The molecule has 1 aliphatic carbocycles. The van der Waals surface area contributed by atoms with E-state index in [1.54, 1.807) is 12.1 Å². The van der Waals surface area contributed by atoms with Gasteiger partial charge in [0, 0.05) is 40.0 Å². The highest BCUT2D eigenvalue weighted by Gasteiger charge is 2.38. The van der Waals surface area contributed by atoms with Crippen LogP contribution in [0.25, 0.3) is 27.8 Å². The van der Waals surface area contributed by atoms with Crippen molar-refractivity contribution in [2.24, 2.45) is 0 Å². The summed E-state index contributed by atoms with van der Waals surface area (Å²) >= 11 is 13.1. The van der Waals surface area contributed by atoms with Gasteiger partial charge >= 0.3 is 0 Å². The maximum Gasteiger partial charge on any atom is 0.165 e. The molecule has 1 N–H and O–H groups in total. The minimum atomic E-state index is -1.75. The van der Waals surface area contributed by atoms with Gasteiger partial charge in [0.05, 0.1) is 5.02 Å². The molecule has 5 heteroatoms. The molecule has 0 saturated heterocycles. The lowest BCUT2D eigenvalue weighted by atomic mass is 9.76. The van der Waals surface area contributed by atoms with Crippen LogP contribution >= 0.6 is 23.2 Å². The maximum absolute atomic E-state index is 17.7. The van der Waals surface area contributed by atoms with E-state index in [-0.39, 0.29) is 6.42 Å². The van der Waals surface area contributed by atoms with Gasteiger partial charge in [-0.25, -0.2) is 4.39 Å². The Hall–Kier alpha value is -5.09. The maximum atomic E-state index is 17.7. The van der Waals surface area contributed by atoms with Gasteiger partial charge < -0.3 is 10.1 Å². The third kappa shape index (κ3) is 6.46. The van der Waals surface area contributed by atoms with Crippen molar-refractivity contribution in [3.8, 4) is 33.8 Å². The summed E-state index contributed by atoms with van der Waals surface area (Å²) in [6, 6.07) is 46.4. The third-order valence-corrected chi connectivity index (χ3v) is 8.85. The van der Waals surface area contributed by atoms with Crippen LogP contribution in [0.4, 0.5) is 15.8 Å². The molecule has 0 fully saturated rings. The van der Waals surface area contributed by atoms with Crippen LogP contribution in [0.1, 0.15) is 17.5 Å². The number of ether oxygens (including phenoxy) is 1. The molecular formula is C42H30Cl2FNO. The van der Waals surface area contributed by atoms with E-state index < -0.39 is 5.67 Å². The monoisotopic (exact) mass is 653 g/mol. The fraction of sp³-hybridized carbons (Fsp3) is 0.0476. The summed E-state index contributed by atoms with van der Waals surface area (Å²) in [6.45, 7) is 0. The first-order chi connectivity index (χ1) is 23.0. The van der Waals surface area contributed by atoms with E-state index in [0.29, 0.717) is 32.7 Å². The quantitative estimate of drug-likeness (QED) is 0.176. The molecule has 0 aromatic heterocycles. The van der Waals surface area contributed by atoms with Crippen molar-refractivity contribution in [1.29, 1.82) is 0 Å². The van der Waals surface area contributed by atoms with Crippen LogP contribution in [-0.2, 0) is 5.67 Å². The van der Waals surface area contributed by atoms with Crippen LogP contribution in [0, 0.1) is 0 Å². The van der Waals surface area contributed by atoms with E-state index in [0.717, 1.165) is 39.2 Å². The molecule has 0 spiro atoms. The van der Waals surface area contributed by atoms with E-state index in [4.69, 9.17) is 27.9 Å². The second-order valence-corrected chi connectivity index (χ2v) is 12.2. The average Bonchev–Trinajstić information content (AvgIpc) is 3.09. The molecule has 0 radical (unpaired) electrons. The highest BCUT2D eigenvalue weighted by Crippen LogP contribution is 2.50. The molecular weight excluding hydrogens is 624 g/mol. The Morgan fingerprint density at radius 1 is 0.638 bits per heavy atom. The van der Waals surface area contributed by atoms with Crippen LogP contribution in [0.15, 0.2) is 164 Å². The summed E-state index contributed by atoms with van der Waals surface area (Å²) in [4.78, 5) is 0. The summed E-state index contributed by atoms with van der Waals surface area (Å²) in [7, 11) is 0. The zero-order valence-electron chi connectivity index (χ0n) is 25.3. The van der Waals surface area contributed by atoms with Crippen molar-refractivity contribution in [2.75, 3.05) is 5.32 Å². The minimum absolute atomic E-state index is 0.221. The van der Waals surface area contributed by atoms with Crippen LogP contribution in [0.3, 0.4) is 0 Å². The zero-order chi connectivity index (χ0) is 32.2. The van der Waals surface area contributed by atoms with E-state index in [9.17, 15) is 0 Å². The van der Waals surface area contributed by atoms with Crippen molar-refractivity contribution >= 4 is 40.1 Å². The van der Waals surface area contributed by atoms with Crippen LogP contribution in [0.5, 0.6) is 11.5 Å². The molecule has 6 aromatic carbocycles. The van der Waals surface area contributed by atoms with Crippen LogP contribution < -0.4 is 10.1 Å². The molecule has 6 aromatic rings. The number of hydrogen-bond acceptors (Lipinski definition) is 2. The molecule has 0 heterocycles. The van der Waals surface area contributed by atoms with Gasteiger partial charge in [-0.3, -0.25) is 0 Å². The van der Waals surface area contributed by atoms with E-state index in [1.807, 2.05) is 152 Å². The largest absolute Gasteiger partial charge is 0.457 e. The van der Waals surface area contributed by atoms with Gasteiger partial charge in [0.1, 0.15) is 11.5 Å². The Balaban J connectivity index is 1.27. The first-order valence-corrected chi connectivity index (χ1v) is 16.1. The van der Waals surface area contributed by atoms with Crippen molar-refractivity contribution < 1.29 is 9.13 Å². The summed E-state index contributed by atoms with van der Waals surface area (Å²) < 4.78 is 23.7. The van der Waals surface area contributed by atoms with Crippen LogP contribution in [-0.4, -0.2) is 0 Å². The lowest BCUT2D eigenvalue weighted by Gasteiger charge is -2.32. The van der Waals surface area contributed by atoms with E-state index in [2.05, 4.69) is 5.32 Å². The number of nitrogens with one attached hydrogen (secondary N) is 1. The lowest BCUT2D eigenvalue weighted by molar-refractivity contribution is 0.250. The molecule has 0 bridgehead atoms. The Bertz CT molecular complexity index is 2120. The second-order valence-electron chi connectivity index (χ2n) is 11.4. The van der Waals surface area contributed by atoms with Gasteiger partial charge in [0.15, 0.2) is 5.67 Å². The van der Waals surface area contributed by atoms with Gasteiger partial charge in [-0.1, -0.05) is 132 Å². The number of anilines is 2. The van der Waals surface area contributed by atoms with Crippen molar-refractivity contribution in [3.63, 3.8) is 0 Å². The molecule has 230 valence electrons. The number of halogens is 3. The smallest absolute Gasteiger partial charge is 0.165 e. The Morgan fingerprint density at radius 3 is 2.17 bits per heavy atom. The number of allylic oxidation sites excluding steroid dienone is 4. The van der Waals surface area contributed by atoms with Gasteiger partial charge in [-0.2, -0.15) is 0 Å². The fourth-order valence-electron chi connectivity index (χ4n) is 6.09.